The van der Waals surface area contributed by atoms with E-state index in [1.165, 1.54) is 0 Å². The van der Waals surface area contributed by atoms with E-state index in [4.69, 9.17) is 10.5 Å². The summed E-state index contributed by atoms with van der Waals surface area (Å²) in [6.07, 6.45) is 4.01. The van der Waals surface area contributed by atoms with Gasteiger partial charge in [-0.05, 0) is 25.7 Å². The molecule has 0 aliphatic carbocycles. The minimum atomic E-state index is -3.13. The molecule has 0 radical (unpaired) electrons. The molecule has 0 aromatic carbocycles. The van der Waals surface area contributed by atoms with Gasteiger partial charge in [0.1, 0.15) is 0 Å². The summed E-state index contributed by atoms with van der Waals surface area (Å²) >= 11 is 0. The quantitative estimate of drug-likeness (QED) is 0.755. The van der Waals surface area contributed by atoms with Crippen molar-refractivity contribution in [3.05, 3.63) is 0 Å². The van der Waals surface area contributed by atoms with E-state index < -0.39 is 15.1 Å². The van der Waals surface area contributed by atoms with Crippen molar-refractivity contribution in [2.24, 2.45) is 5.73 Å². The molecule has 4 nitrogen and oxygen atoms in total. The molecule has 1 rings (SSSR count). The number of hydrogen-bond donors (Lipinski definition) is 1. The first-order valence-corrected chi connectivity index (χ1v) is 8.31. The van der Waals surface area contributed by atoms with Gasteiger partial charge in [-0.2, -0.15) is 0 Å². The van der Waals surface area contributed by atoms with Crippen LogP contribution in [-0.2, 0) is 14.6 Å². The zero-order valence-electron chi connectivity index (χ0n) is 10.9. The lowest BCUT2D eigenvalue weighted by molar-refractivity contribution is 0.127. The van der Waals surface area contributed by atoms with E-state index in [2.05, 4.69) is 0 Å². The number of ether oxygens (including phenoxy) is 1. The summed E-state index contributed by atoms with van der Waals surface area (Å²) in [4.78, 5) is 0. The van der Waals surface area contributed by atoms with Gasteiger partial charge in [0.2, 0.25) is 0 Å². The van der Waals surface area contributed by atoms with Crippen LogP contribution in [0.4, 0.5) is 0 Å². The van der Waals surface area contributed by atoms with Crippen molar-refractivity contribution in [1.82, 2.24) is 0 Å². The lowest BCUT2D eigenvalue weighted by atomic mass is 10.1. The molecular weight excluding hydrogens is 238 g/mol. The molecule has 1 fully saturated rings. The van der Waals surface area contributed by atoms with Crippen molar-refractivity contribution in [2.75, 3.05) is 12.4 Å². The molecule has 0 aromatic rings. The standard InChI is InChI=1S/C12H25NO3S/c1-3-6-11(13)12(4-2)17(14,15)9-10-7-5-8-16-10/h10-12H,3-9,13H2,1-2H3. The summed E-state index contributed by atoms with van der Waals surface area (Å²) < 4.78 is 30.0. The summed E-state index contributed by atoms with van der Waals surface area (Å²) in [5.74, 6) is 0.142. The molecule has 1 saturated heterocycles. The Bertz CT molecular complexity index is 310. The fourth-order valence-electron chi connectivity index (χ4n) is 2.50. The highest BCUT2D eigenvalue weighted by Crippen LogP contribution is 2.20. The Labute approximate surface area is 105 Å². The maximum atomic E-state index is 12.3. The van der Waals surface area contributed by atoms with Gasteiger partial charge < -0.3 is 10.5 Å². The number of nitrogens with two attached hydrogens (primary N) is 1. The normalized spacial score (nSPS) is 24.8. The first-order chi connectivity index (χ1) is 8.01. The van der Waals surface area contributed by atoms with Gasteiger partial charge in [0, 0.05) is 12.6 Å². The summed E-state index contributed by atoms with van der Waals surface area (Å²) in [5, 5.41) is -0.411. The lowest BCUT2D eigenvalue weighted by Gasteiger charge is -2.23. The fourth-order valence-corrected chi connectivity index (χ4v) is 4.71. The summed E-state index contributed by atoms with van der Waals surface area (Å²) in [5.41, 5.74) is 5.98. The molecule has 17 heavy (non-hydrogen) atoms. The topological polar surface area (TPSA) is 69.4 Å². The van der Waals surface area contributed by atoms with Crippen LogP contribution in [0, 0.1) is 0 Å². The summed E-state index contributed by atoms with van der Waals surface area (Å²) in [6, 6.07) is -0.239. The maximum Gasteiger partial charge on any atom is 0.157 e. The van der Waals surface area contributed by atoms with Gasteiger partial charge in [0.25, 0.3) is 0 Å². The van der Waals surface area contributed by atoms with Crippen molar-refractivity contribution in [2.45, 2.75) is 63.3 Å². The Morgan fingerprint density at radius 3 is 2.59 bits per heavy atom. The first kappa shape index (κ1) is 14.9. The van der Waals surface area contributed by atoms with E-state index >= 15 is 0 Å². The molecule has 3 atom stereocenters. The Morgan fingerprint density at radius 2 is 2.12 bits per heavy atom. The molecule has 1 aliphatic rings. The third-order valence-corrected chi connectivity index (χ3v) is 5.85. The van der Waals surface area contributed by atoms with Crippen LogP contribution in [0.5, 0.6) is 0 Å². The highest BCUT2D eigenvalue weighted by atomic mass is 32.2. The van der Waals surface area contributed by atoms with Crippen LogP contribution in [0.25, 0.3) is 0 Å². The number of rotatable bonds is 7. The molecule has 0 saturated carbocycles. The van der Waals surface area contributed by atoms with E-state index in [1.54, 1.807) is 0 Å². The SMILES string of the molecule is CCCC(N)C(CC)S(=O)(=O)CC1CCCO1. The molecule has 2 N–H and O–H groups in total. The second-order valence-corrected chi connectivity index (χ2v) is 7.13. The molecule has 0 amide bonds. The summed E-state index contributed by atoms with van der Waals surface area (Å²) in [7, 11) is -3.13. The van der Waals surface area contributed by atoms with E-state index in [-0.39, 0.29) is 17.9 Å². The van der Waals surface area contributed by atoms with Crippen molar-refractivity contribution < 1.29 is 13.2 Å². The Kier molecular flexibility index (Phi) is 5.89. The average molecular weight is 263 g/mol. The lowest BCUT2D eigenvalue weighted by Crippen LogP contribution is -2.42. The average Bonchev–Trinajstić information content (AvgIpc) is 2.70. The van der Waals surface area contributed by atoms with Gasteiger partial charge in [-0.15, -0.1) is 0 Å². The molecule has 102 valence electrons. The Balaban J connectivity index is 2.64. The van der Waals surface area contributed by atoms with Crippen LogP contribution in [0.2, 0.25) is 0 Å². The van der Waals surface area contributed by atoms with Crippen LogP contribution in [0.3, 0.4) is 0 Å². The zero-order chi connectivity index (χ0) is 12.9. The van der Waals surface area contributed by atoms with Crippen LogP contribution in [0.1, 0.15) is 46.0 Å². The number of sulfone groups is 1. The molecule has 0 bridgehead atoms. The van der Waals surface area contributed by atoms with Gasteiger partial charge in [-0.1, -0.05) is 20.3 Å². The highest BCUT2D eigenvalue weighted by molar-refractivity contribution is 7.92. The van der Waals surface area contributed by atoms with Crippen LogP contribution >= 0.6 is 0 Å². The van der Waals surface area contributed by atoms with Gasteiger partial charge in [-0.3, -0.25) is 0 Å². The van der Waals surface area contributed by atoms with E-state index in [0.29, 0.717) is 13.0 Å². The monoisotopic (exact) mass is 263 g/mol. The van der Waals surface area contributed by atoms with Crippen molar-refractivity contribution in [1.29, 1.82) is 0 Å². The maximum absolute atomic E-state index is 12.3. The predicted octanol–water partition coefficient (Wildman–Crippen LogP) is 1.49. The molecule has 1 aliphatic heterocycles. The summed E-state index contributed by atoms with van der Waals surface area (Å²) in [6.45, 7) is 4.62. The third kappa shape index (κ3) is 4.23. The molecule has 1 heterocycles. The fraction of sp³-hybridized carbons (Fsp3) is 1.00. The van der Waals surface area contributed by atoms with E-state index in [0.717, 1.165) is 25.7 Å². The van der Waals surface area contributed by atoms with Crippen molar-refractivity contribution in [3.8, 4) is 0 Å². The molecule has 0 spiro atoms. The van der Waals surface area contributed by atoms with Gasteiger partial charge >= 0.3 is 0 Å². The smallest absolute Gasteiger partial charge is 0.157 e. The van der Waals surface area contributed by atoms with Gasteiger partial charge in [0.05, 0.1) is 17.1 Å². The first-order valence-electron chi connectivity index (χ1n) is 6.60. The number of hydrogen-bond acceptors (Lipinski definition) is 4. The predicted molar refractivity (Wildman–Crippen MR) is 69.7 cm³/mol. The Morgan fingerprint density at radius 1 is 1.41 bits per heavy atom. The molecule has 5 heteroatoms. The molecular formula is C12H25NO3S. The second kappa shape index (κ2) is 6.71. The minimum Gasteiger partial charge on any atom is -0.377 e. The van der Waals surface area contributed by atoms with Crippen LogP contribution < -0.4 is 5.73 Å². The van der Waals surface area contributed by atoms with Crippen molar-refractivity contribution in [3.63, 3.8) is 0 Å². The molecule has 0 aromatic heterocycles. The minimum absolute atomic E-state index is 0.108. The van der Waals surface area contributed by atoms with E-state index in [9.17, 15) is 8.42 Å². The molecule has 3 unspecified atom stereocenters. The Hall–Kier alpha value is -0.130. The zero-order valence-corrected chi connectivity index (χ0v) is 11.7. The van der Waals surface area contributed by atoms with E-state index in [1.807, 2.05) is 13.8 Å². The van der Waals surface area contributed by atoms with Crippen LogP contribution in [0.15, 0.2) is 0 Å². The highest BCUT2D eigenvalue weighted by Gasteiger charge is 2.32. The second-order valence-electron chi connectivity index (χ2n) is 4.86. The van der Waals surface area contributed by atoms with Gasteiger partial charge in [-0.25, -0.2) is 8.42 Å². The van der Waals surface area contributed by atoms with Gasteiger partial charge in [0.15, 0.2) is 9.84 Å². The van der Waals surface area contributed by atoms with Crippen LogP contribution in [-0.4, -0.2) is 38.2 Å². The van der Waals surface area contributed by atoms with Crippen molar-refractivity contribution >= 4 is 9.84 Å². The largest absolute Gasteiger partial charge is 0.377 e. The third-order valence-electron chi connectivity index (χ3n) is 3.41.